The number of halogens is 1. The quantitative estimate of drug-likeness (QED) is 0.277. The molecule has 0 N–H and O–H groups in total. The minimum absolute atomic E-state index is 0.0354. The first-order valence-corrected chi connectivity index (χ1v) is 4.91. The van der Waals surface area contributed by atoms with Crippen molar-refractivity contribution in [2.75, 3.05) is 4.90 Å². The third kappa shape index (κ3) is 2.76. The number of nitro benzene ring substituents is 1. The molecule has 15 heavy (non-hydrogen) atoms. The van der Waals surface area contributed by atoms with Crippen LogP contribution in [0.4, 0.5) is 11.4 Å². The molecule has 0 aliphatic carbocycles. The van der Waals surface area contributed by atoms with Crippen LogP contribution >= 0.6 is 15.9 Å². The van der Waals surface area contributed by atoms with Gasteiger partial charge in [0.1, 0.15) is 4.95 Å². The molecule has 0 amide bonds. The van der Waals surface area contributed by atoms with E-state index in [1.807, 2.05) is 0 Å². The van der Waals surface area contributed by atoms with Gasteiger partial charge in [-0.15, -0.1) is 0 Å². The number of hydrogen-bond acceptors (Lipinski definition) is 4. The lowest BCUT2D eigenvalue weighted by Crippen LogP contribution is -2.24. The van der Waals surface area contributed by atoms with Gasteiger partial charge in [-0.25, -0.2) is 0 Å². The van der Waals surface area contributed by atoms with Crippen LogP contribution in [-0.2, 0) is 4.79 Å². The van der Waals surface area contributed by atoms with E-state index in [2.05, 4.69) is 23.0 Å². The Hall–Kier alpha value is -1.43. The molecule has 1 aromatic rings. The van der Waals surface area contributed by atoms with Crippen molar-refractivity contribution in [3.8, 4) is 0 Å². The third-order valence-electron chi connectivity index (χ3n) is 1.78. The standard InChI is InChI=1S/C9H8BrN2O3/c1-11(9(10)6-13)7-3-2-4-8(5-7)12(14)15/h2-6,9H,1H2. The van der Waals surface area contributed by atoms with Gasteiger partial charge in [-0.1, -0.05) is 22.0 Å². The van der Waals surface area contributed by atoms with E-state index in [9.17, 15) is 14.9 Å². The summed E-state index contributed by atoms with van der Waals surface area (Å²) < 4.78 is 0. The Balaban J connectivity index is 2.99. The van der Waals surface area contributed by atoms with Crippen LogP contribution < -0.4 is 4.90 Å². The van der Waals surface area contributed by atoms with E-state index < -0.39 is 9.87 Å². The van der Waals surface area contributed by atoms with Crippen LogP contribution in [0.15, 0.2) is 24.3 Å². The number of carbonyl (C=O) groups excluding carboxylic acids is 1. The van der Waals surface area contributed by atoms with Gasteiger partial charge in [0.2, 0.25) is 0 Å². The van der Waals surface area contributed by atoms with E-state index in [4.69, 9.17) is 0 Å². The van der Waals surface area contributed by atoms with Gasteiger partial charge in [-0.3, -0.25) is 10.1 Å². The van der Waals surface area contributed by atoms with Crippen LogP contribution in [0.2, 0.25) is 0 Å². The molecule has 1 atom stereocenters. The molecule has 0 bridgehead atoms. The smallest absolute Gasteiger partial charge is 0.271 e. The minimum atomic E-state index is -0.598. The van der Waals surface area contributed by atoms with E-state index in [0.717, 1.165) is 0 Å². The molecule has 5 nitrogen and oxygen atoms in total. The number of benzene rings is 1. The summed E-state index contributed by atoms with van der Waals surface area (Å²) in [6.07, 6.45) is 0.645. The van der Waals surface area contributed by atoms with Gasteiger partial charge >= 0.3 is 0 Å². The van der Waals surface area contributed by atoms with Crippen LogP contribution in [-0.4, -0.2) is 16.2 Å². The summed E-state index contributed by atoms with van der Waals surface area (Å²) in [5.74, 6) is 0. The second-order valence-corrected chi connectivity index (χ2v) is 3.69. The maximum atomic E-state index is 10.5. The van der Waals surface area contributed by atoms with Crippen molar-refractivity contribution < 1.29 is 9.72 Å². The van der Waals surface area contributed by atoms with E-state index >= 15 is 0 Å². The summed E-state index contributed by atoms with van der Waals surface area (Å²) in [5.41, 5.74) is 0.463. The van der Waals surface area contributed by atoms with Gasteiger partial charge in [-0.05, 0) is 6.07 Å². The lowest BCUT2D eigenvalue weighted by molar-refractivity contribution is -0.384. The Morgan fingerprint density at radius 1 is 1.60 bits per heavy atom. The zero-order valence-electron chi connectivity index (χ0n) is 7.67. The number of nitrogens with zero attached hydrogens (tertiary/aromatic N) is 2. The van der Waals surface area contributed by atoms with Crippen molar-refractivity contribution in [2.24, 2.45) is 0 Å². The Bertz CT molecular complexity index is 383. The first-order chi connectivity index (χ1) is 7.06. The highest BCUT2D eigenvalue weighted by molar-refractivity contribution is 9.10. The number of alkyl halides is 1. The SMILES string of the molecule is [CH2]N(c1cccc([N+](=O)[O-])c1)C(Br)C=O. The Kier molecular flexibility index (Phi) is 3.79. The number of aldehydes is 1. The van der Waals surface area contributed by atoms with Crippen LogP contribution in [0, 0.1) is 17.2 Å². The van der Waals surface area contributed by atoms with Crippen molar-refractivity contribution in [3.63, 3.8) is 0 Å². The highest BCUT2D eigenvalue weighted by Gasteiger charge is 2.13. The number of nitro groups is 1. The maximum absolute atomic E-state index is 10.5. The number of carbonyl (C=O) groups is 1. The lowest BCUT2D eigenvalue weighted by Gasteiger charge is -2.20. The Morgan fingerprint density at radius 3 is 2.80 bits per heavy atom. The van der Waals surface area contributed by atoms with Crippen molar-refractivity contribution in [2.45, 2.75) is 4.95 Å². The molecule has 0 aliphatic heterocycles. The van der Waals surface area contributed by atoms with Crippen LogP contribution in [0.5, 0.6) is 0 Å². The third-order valence-corrected chi connectivity index (χ3v) is 2.49. The van der Waals surface area contributed by atoms with E-state index in [1.54, 1.807) is 6.07 Å². The monoisotopic (exact) mass is 271 g/mol. The molecule has 1 rings (SSSR count). The first kappa shape index (κ1) is 11.6. The Morgan fingerprint density at radius 2 is 2.27 bits per heavy atom. The van der Waals surface area contributed by atoms with Crippen molar-refractivity contribution in [3.05, 3.63) is 41.4 Å². The fourth-order valence-electron chi connectivity index (χ4n) is 1.00. The molecule has 0 heterocycles. The summed E-state index contributed by atoms with van der Waals surface area (Å²) in [6, 6.07) is 5.90. The summed E-state index contributed by atoms with van der Waals surface area (Å²) >= 11 is 3.07. The van der Waals surface area contributed by atoms with Crippen LogP contribution in [0.3, 0.4) is 0 Å². The summed E-state index contributed by atoms with van der Waals surface area (Å²) in [5, 5.41) is 10.5. The van der Waals surface area contributed by atoms with Crippen molar-refractivity contribution in [1.29, 1.82) is 0 Å². The second-order valence-electron chi connectivity index (χ2n) is 2.76. The number of hydrogen-bond donors (Lipinski definition) is 0. The fraction of sp³-hybridized carbons (Fsp3) is 0.111. The molecular weight excluding hydrogens is 264 g/mol. The molecule has 1 radical (unpaired) electrons. The molecular formula is C9H8BrN2O3. The predicted molar refractivity (Wildman–Crippen MR) is 59.7 cm³/mol. The van der Waals surface area contributed by atoms with Crippen molar-refractivity contribution in [1.82, 2.24) is 0 Å². The average molecular weight is 272 g/mol. The molecule has 6 heteroatoms. The first-order valence-electron chi connectivity index (χ1n) is 4.00. The number of anilines is 1. The average Bonchev–Trinajstić information content (AvgIpc) is 2.27. The molecule has 0 aliphatic rings. The highest BCUT2D eigenvalue weighted by Crippen LogP contribution is 2.23. The zero-order chi connectivity index (χ0) is 11.4. The Labute approximate surface area is 95.0 Å². The van der Waals surface area contributed by atoms with Crippen LogP contribution in [0.25, 0.3) is 0 Å². The second kappa shape index (κ2) is 4.88. The van der Waals surface area contributed by atoms with E-state index in [0.29, 0.717) is 12.0 Å². The van der Waals surface area contributed by atoms with Gasteiger partial charge in [0.25, 0.3) is 5.69 Å². The highest BCUT2D eigenvalue weighted by atomic mass is 79.9. The topological polar surface area (TPSA) is 63.4 Å². The van der Waals surface area contributed by atoms with E-state index in [1.165, 1.54) is 23.1 Å². The van der Waals surface area contributed by atoms with Gasteiger partial charge in [0, 0.05) is 24.9 Å². The van der Waals surface area contributed by atoms with Crippen molar-refractivity contribution >= 4 is 33.6 Å². The lowest BCUT2D eigenvalue weighted by atomic mass is 10.2. The fourth-order valence-corrected chi connectivity index (χ4v) is 1.24. The van der Waals surface area contributed by atoms with Gasteiger partial charge in [-0.2, -0.15) is 0 Å². The normalized spacial score (nSPS) is 11.9. The predicted octanol–water partition coefficient (Wildman–Crippen LogP) is 2.11. The zero-order valence-corrected chi connectivity index (χ0v) is 9.25. The molecule has 0 aromatic heterocycles. The van der Waals surface area contributed by atoms with E-state index in [-0.39, 0.29) is 5.69 Å². The van der Waals surface area contributed by atoms with Gasteiger partial charge < -0.3 is 9.69 Å². The minimum Gasteiger partial charge on any atom is -0.351 e. The summed E-state index contributed by atoms with van der Waals surface area (Å²) in [6.45, 7) is 0. The maximum Gasteiger partial charge on any atom is 0.271 e. The van der Waals surface area contributed by atoms with Gasteiger partial charge in [0.15, 0.2) is 6.29 Å². The number of rotatable bonds is 4. The molecule has 1 unspecified atom stereocenters. The van der Waals surface area contributed by atoms with Gasteiger partial charge in [0.05, 0.1) is 4.92 Å². The molecule has 0 saturated carbocycles. The largest absolute Gasteiger partial charge is 0.351 e. The molecule has 1 aromatic carbocycles. The molecule has 79 valence electrons. The summed E-state index contributed by atoms with van der Waals surface area (Å²) in [4.78, 5) is 21.2. The number of non-ortho nitro benzene ring substituents is 1. The molecule has 0 saturated heterocycles. The summed E-state index contributed by atoms with van der Waals surface area (Å²) in [7, 11) is 3.61. The van der Waals surface area contributed by atoms with Crippen LogP contribution in [0.1, 0.15) is 0 Å². The molecule has 0 fully saturated rings. The molecule has 0 spiro atoms.